The first-order valence-electron chi connectivity index (χ1n) is 6.74. The van der Waals surface area contributed by atoms with E-state index in [0.717, 1.165) is 26.1 Å². The van der Waals surface area contributed by atoms with Crippen LogP contribution >= 0.6 is 0 Å². The van der Waals surface area contributed by atoms with Gasteiger partial charge in [-0.05, 0) is 43.7 Å². The van der Waals surface area contributed by atoms with Gasteiger partial charge >= 0.3 is 0 Å². The Labute approximate surface area is 99.8 Å². The first kappa shape index (κ1) is 13.9. The lowest BCUT2D eigenvalue weighted by molar-refractivity contribution is 0.0689. The van der Waals surface area contributed by atoms with Gasteiger partial charge in [0.25, 0.3) is 0 Å². The Balaban J connectivity index is 2.18. The van der Waals surface area contributed by atoms with E-state index in [1.165, 1.54) is 19.3 Å². The highest BCUT2D eigenvalue weighted by molar-refractivity contribution is 4.77. The average Bonchev–Trinajstić information content (AvgIpc) is 2.26. The molecule has 3 heteroatoms. The monoisotopic (exact) mass is 228 g/mol. The summed E-state index contributed by atoms with van der Waals surface area (Å²) in [7, 11) is 0. The first-order chi connectivity index (χ1) is 7.65. The lowest BCUT2D eigenvalue weighted by Crippen LogP contribution is -2.38. The standard InChI is InChI=1S/C13H28N2O/c1-10(2)12(7-14)9-15-8-11-5-3-4-6-13(11)16/h10-13,15-16H,3-9,14H2,1-2H3. The Bertz CT molecular complexity index is 185. The fourth-order valence-electron chi connectivity index (χ4n) is 2.47. The molecule has 3 unspecified atom stereocenters. The number of nitrogens with one attached hydrogen (secondary N) is 1. The van der Waals surface area contributed by atoms with Crippen LogP contribution in [0.4, 0.5) is 0 Å². The van der Waals surface area contributed by atoms with Crippen LogP contribution in [0.1, 0.15) is 39.5 Å². The minimum atomic E-state index is -0.0865. The van der Waals surface area contributed by atoms with E-state index in [1.807, 2.05) is 0 Å². The molecule has 0 aromatic rings. The highest BCUT2D eigenvalue weighted by Gasteiger charge is 2.22. The maximum absolute atomic E-state index is 9.84. The summed E-state index contributed by atoms with van der Waals surface area (Å²) in [5.41, 5.74) is 5.73. The topological polar surface area (TPSA) is 58.3 Å². The van der Waals surface area contributed by atoms with Gasteiger partial charge in [-0.2, -0.15) is 0 Å². The Morgan fingerprint density at radius 3 is 2.56 bits per heavy atom. The van der Waals surface area contributed by atoms with Crippen molar-refractivity contribution in [1.29, 1.82) is 0 Å². The maximum Gasteiger partial charge on any atom is 0.0580 e. The van der Waals surface area contributed by atoms with E-state index in [1.54, 1.807) is 0 Å². The predicted octanol–water partition coefficient (Wildman–Crippen LogP) is 1.36. The van der Waals surface area contributed by atoms with Gasteiger partial charge in [-0.25, -0.2) is 0 Å². The molecule has 0 spiro atoms. The van der Waals surface area contributed by atoms with Crippen LogP contribution in [0, 0.1) is 17.8 Å². The van der Waals surface area contributed by atoms with E-state index >= 15 is 0 Å². The van der Waals surface area contributed by atoms with E-state index in [2.05, 4.69) is 19.2 Å². The van der Waals surface area contributed by atoms with Crippen molar-refractivity contribution in [3.05, 3.63) is 0 Å². The van der Waals surface area contributed by atoms with Crippen molar-refractivity contribution < 1.29 is 5.11 Å². The van der Waals surface area contributed by atoms with E-state index in [-0.39, 0.29) is 6.10 Å². The molecular formula is C13H28N2O. The van der Waals surface area contributed by atoms with E-state index in [9.17, 15) is 5.11 Å². The molecule has 0 radical (unpaired) electrons. The first-order valence-corrected chi connectivity index (χ1v) is 6.74. The second-order valence-corrected chi connectivity index (χ2v) is 5.51. The van der Waals surface area contributed by atoms with Gasteiger partial charge in [0.2, 0.25) is 0 Å². The van der Waals surface area contributed by atoms with Crippen molar-refractivity contribution in [3.8, 4) is 0 Å². The Morgan fingerprint density at radius 2 is 2.00 bits per heavy atom. The molecule has 1 saturated carbocycles. The van der Waals surface area contributed by atoms with Crippen molar-refractivity contribution in [1.82, 2.24) is 5.32 Å². The molecule has 3 atom stereocenters. The second-order valence-electron chi connectivity index (χ2n) is 5.51. The molecule has 1 aliphatic rings. The number of rotatable bonds is 6. The molecule has 1 aliphatic carbocycles. The van der Waals surface area contributed by atoms with Gasteiger partial charge in [0, 0.05) is 6.54 Å². The molecule has 0 heterocycles. The molecule has 1 fully saturated rings. The van der Waals surface area contributed by atoms with Crippen LogP contribution in [0.2, 0.25) is 0 Å². The largest absolute Gasteiger partial charge is 0.393 e. The molecule has 0 aromatic heterocycles. The molecule has 0 bridgehead atoms. The highest BCUT2D eigenvalue weighted by atomic mass is 16.3. The molecule has 0 saturated heterocycles. The van der Waals surface area contributed by atoms with Crippen molar-refractivity contribution in [2.75, 3.05) is 19.6 Å². The molecule has 4 N–H and O–H groups in total. The lowest BCUT2D eigenvalue weighted by atomic mass is 9.86. The van der Waals surface area contributed by atoms with Gasteiger partial charge in [-0.3, -0.25) is 0 Å². The SMILES string of the molecule is CC(C)C(CN)CNCC1CCCCC1O. The highest BCUT2D eigenvalue weighted by Crippen LogP contribution is 2.23. The summed E-state index contributed by atoms with van der Waals surface area (Å²) in [5.74, 6) is 1.65. The second kappa shape index (κ2) is 7.25. The van der Waals surface area contributed by atoms with Crippen LogP contribution in [-0.4, -0.2) is 30.8 Å². The van der Waals surface area contributed by atoms with Crippen LogP contribution in [0.15, 0.2) is 0 Å². The molecule has 0 aromatic carbocycles. The molecule has 1 rings (SSSR count). The summed E-state index contributed by atoms with van der Waals surface area (Å²) >= 11 is 0. The van der Waals surface area contributed by atoms with Gasteiger partial charge in [-0.15, -0.1) is 0 Å². The van der Waals surface area contributed by atoms with Crippen LogP contribution in [-0.2, 0) is 0 Å². The number of aliphatic hydroxyl groups excluding tert-OH is 1. The minimum Gasteiger partial charge on any atom is -0.393 e. The molecular weight excluding hydrogens is 200 g/mol. The number of hydrogen-bond acceptors (Lipinski definition) is 3. The van der Waals surface area contributed by atoms with Crippen LogP contribution in [0.5, 0.6) is 0 Å². The van der Waals surface area contributed by atoms with Crippen LogP contribution < -0.4 is 11.1 Å². The maximum atomic E-state index is 9.84. The Hall–Kier alpha value is -0.120. The predicted molar refractivity (Wildman–Crippen MR) is 68.2 cm³/mol. The molecule has 3 nitrogen and oxygen atoms in total. The Kier molecular flexibility index (Phi) is 6.32. The zero-order valence-electron chi connectivity index (χ0n) is 10.8. The van der Waals surface area contributed by atoms with Crippen molar-refractivity contribution in [2.45, 2.75) is 45.6 Å². The number of hydrogen-bond donors (Lipinski definition) is 3. The van der Waals surface area contributed by atoms with E-state index in [4.69, 9.17) is 5.73 Å². The zero-order valence-corrected chi connectivity index (χ0v) is 10.8. The van der Waals surface area contributed by atoms with Crippen LogP contribution in [0.3, 0.4) is 0 Å². The van der Waals surface area contributed by atoms with Gasteiger partial charge in [0.1, 0.15) is 0 Å². The summed E-state index contributed by atoms with van der Waals surface area (Å²) in [6, 6.07) is 0. The molecule has 96 valence electrons. The normalized spacial score (nSPS) is 28.3. The van der Waals surface area contributed by atoms with Crippen LogP contribution in [0.25, 0.3) is 0 Å². The molecule has 0 aliphatic heterocycles. The summed E-state index contributed by atoms with van der Waals surface area (Å²) < 4.78 is 0. The number of nitrogens with two attached hydrogens (primary N) is 1. The fourth-order valence-corrected chi connectivity index (χ4v) is 2.47. The lowest BCUT2D eigenvalue weighted by Gasteiger charge is -2.29. The summed E-state index contributed by atoms with van der Waals surface area (Å²) in [6.07, 6.45) is 4.53. The molecule has 0 amide bonds. The smallest absolute Gasteiger partial charge is 0.0580 e. The van der Waals surface area contributed by atoms with Gasteiger partial charge in [0.05, 0.1) is 6.10 Å². The minimum absolute atomic E-state index is 0.0865. The van der Waals surface area contributed by atoms with E-state index < -0.39 is 0 Å². The summed E-state index contributed by atoms with van der Waals surface area (Å²) in [5, 5.41) is 13.3. The third-order valence-electron chi connectivity index (χ3n) is 3.93. The summed E-state index contributed by atoms with van der Waals surface area (Å²) in [4.78, 5) is 0. The Morgan fingerprint density at radius 1 is 1.31 bits per heavy atom. The summed E-state index contributed by atoms with van der Waals surface area (Å²) in [6.45, 7) is 7.11. The average molecular weight is 228 g/mol. The fraction of sp³-hybridized carbons (Fsp3) is 1.00. The van der Waals surface area contributed by atoms with Crippen molar-refractivity contribution in [2.24, 2.45) is 23.5 Å². The third kappa shape index (κ3) is 4.40. The van der Waals surface area contributed by atoms with Gasteiger partial charge in [0.15, 0.2) is 0 Å². The van der Waals surface area contributed by atoms with Crippen molar-refractivity contribution >= 4 is 0 Å². The third-order valence-corrected chi connectivity index (χ3v) is 3.93. The quantitative estimate of drug-likeness (QED) is 0.643. The van der Waals surface area contributed by atoms with E-state index in [0.29, 0.717) is 17.8 Å². The number of aliphatic hydroxyl groups is 1. The van der Waals surface area contributed by atoms with Gasteiger partial charge in [-0.1, -0.05) is 26.7 Å². The zero-order chi connectivity index (χ0) is 12.0. The molecule has 16 heavy (non-hydrogen) atoms. The van der Waals surface area contributed by atoms with Crippen molar-refractivity contribution in [3.63, 3.8) is 0 Å². The van der Waals surface area contributed by atoms with Gasteiger partial charge < -0.3 is 16.2 Å².